The summed E-state index contributed by atoms with van der Waals surface area (Å²) in [5.41, 5.74) is -0.392. The number of likely N-dealkylation sites (N-methyl/N-ethyl adjacent to an activating group) is 1. The maximum Gasteiger partial charge on any atom is 0.238 e. The molecule has 1 aromatic rings. The molecule has 1 aliphatic heterocycles. The second kappa shape index (κ2) is 4.35. The molecule has 2 rings (SSSR count). The SMILES string of the molecule is COc1nccnc1C1(O)CCCN(C)C1. The lowest BCUT2D eigenvalue weighted by molar-refractivity contribution is -0.0333. The van der Waals surface area contributed by atoms with Crippen LogP contribution in [0.15, 0.2) is 12.4 Å². The van der Waals surface area contributed by atoms with Crippen LogP contribution >= 0.6 is 0 Å². The number of aliphatic hydroxyl groups is 1. The van der Waals surface area contributed by atoms with Crippen molar-refractivity contribution in [1.82, 2.24) is 14.9 Å². The van der Waals surface area contributed by atoms with Crippen molar-refractivity contribution in [1.29, 1.82) is 0 Å². The number of ether oxygens (including phenoxy) is 1. The van der Waals surface area contributed by atoms with Crippen LogP contribution in [0, 0.1) is 0 Å². The normalized spacial score (nSPS) is 26.7. The van der Waals surface area contributed by atoms with E-state index < -0.39 is 5.60 Å². The predicted octanol–water partition coefficient (Wildman–Crippen LogP) is 0.398. The second-order valence-corrected chi connectivity index (χ2v) is 4.29. The van der Waals surface area contributed by atoms with Crippen LogP contribution in [-0.4, -0.2) is 47.2 Å². The summed E-state index contributed by atoms with van der Waals surface area (Å²) in [6, 6.07) is 0. The van der Waals surface area contributed by atoms with Gasteiger partial charge in [-0.3, -0.25) is 4.98 Å². The molecule has 1 atom stereocenters. The summed E-state index contributed by atoms with van der Waals surface area (Å²) in [5, 5.41) is 10.6. The highest BCUT2D eigenvalue weighted by Crippen LogP contribution is 2.33. The Bertz CT molecular complexity index is 372. The molecule has 1 aromatic heterocycles. The highest BCUT2D eigenvalue weighted by Gasteiger charge is 2.37. The van der Waals surface area contributed by atoms with E-state index in [9.17, 15) is 5.11 Å². The third-order valence-corrected chi connectivity index (χ3v) is 2.96. The Balaban J connectivity index is 2.34. The molecule has 2 heterocycles. The molecule has 1 aliphatic rings. The van der Waals surface area contributed by atoms with Gasteiger partial charge < -0.3 is 14.7 Å². The van der Waals surface area contributed by atoms with E-state index in [1.165, 1.54) is 0 Å². The summed E-state index contributed by atoms with van der Waals surface area (Å²) in [5.74, 6) is 0.417. The smallest absolute Gasteiger partial charge is 0.238 e. The predicted molar refractivity (Wildman–Crippen MR) is 59.2 cm³/mol. The highest BCUT2D eigenvalue weighted by molar-refractivity contribution is 5.25. The van der Waals surface area contributed by atoms with Crippen molar-refractivity contribution in [2.75, 3.05) is 27.2 Å². The van der Waals surface area contributed by atoms with Gasteiger partial charge in [0.1, 0.15) is 11.3 Å². The van der Waals surface area contributed by atoms with E-state index >= 15 is 0 Å². The topological polar surface area (TPSA) is 58.5 Å². The van der Waals surface area contributed by atoms with Crippen molar-refractivity contribution < 1.29 is 9.84 Å². The van der Waals surface area contributed by atoms with Crippen LogP contribution in [-0.2, 0) is 5.60 Å². The Morgan fingerprint density at radius 3 is 2.88 bits per heavy atom. The molecular formula is C11H17N3O2. The Labute approximate surface area is 95.1 Å². The van der Waals surface area contributed by atoms with Gasteiger partial charge in [0.25, 0.3) is 0 Å². The minimum absolute atomic E-state index is 0.417. The van der Waals surface area contributed by atoms with E-state index in [1.807, 2.05) is 7.05 Å². The molecule has 0 bridgehead atoms. The van der Waals surface area contributed by atoms with Crippen molar-refractivity contribution >= 4 is 0 Å². The van der Waals surface area contributed by atoms with Crippen LogP contribution in [0.5, 0.6) is 5.88 Å². The Hall–Kier alpha value is -1.20. The quantitative estimate of drug-likeness (QED) is 0.786. The van der Waals surface area contributed by atoms with E-state index in [0.29, 0.717) is 24.5 Å². The lowest BCUT2D eigenvalue weighted by Gasteiger charge is -2.36. The largest absolute Gasteiger partial charge is 0.480 e. The summed E-state index contributed by atoms with van der Waals surface area (Å²) in [4.78, 5) is 10.4. The van der Waals surface area contributed by atoms with Gasteiger partial charge in [-0.25, -0.2) is 4.98 Å². The molecule has 5 heteroatoms. The first-order chi connectivity index (χ1) is 7.65. The molecule has 16 heavy (non-hydrogen) atoms. The highest BCUT2D eigenvalue weighted by atomic mass is 16.5. The fourth-order valence-corrected chi connectivity index (χ4v) is 2.23. The minimum atomic E-state index is -0.938. The molecule has 0 aliphatic carbocycles. The zero-order valence-electron chi connectivity index (χ0n) is 9.68. The van der Waals surface area contributed by atoms with Crippen LogP contribution in [0.25, 0.3) is 0 Å². The van der Waals surface area contributed by atoms with Crippen molar-refractivity contribution in [3.05, 3.63) is 18.1 Å². The number of aromatic nitrogens is 2. The van der Waals surface area contributed by atoms with Gasteiger partial charge in [0.2, 0.25) is 5.88 Å². The Morgan fingerprint density at radius 2 is 2.19 bits per heavy atom. The van der Waals surface area contributed by atoms with Gasteiger partial charge in [0, 0.05) is 18.9 Å². The van der Waals surface area contributed by atoms with Crippen molar-refractivity contribution in [3.8, 4) is 5.88 Å². The second-order valence-electron chi connectivity index (χ2n) is 4.29. The summed E-state index contributed by atoms with van der Waals surface area (Å²) in [6.07, 6.45) is 4.81. The van der Waals surface area contributed by atoms with E-state index in [-0.39, 0.29) is 0 Å². The summed E-state index contributed by atoms with van der Waals surface area (Å²) >= 11 is 0. The van der Waals surface area contributed by atoms with E-state index in [2.05, 4.69) is 14.9 Å². The number of rotatable bonds is 2. The molecule has 1 N–H and O–H groups in total. The fourth-order valence-electron chi connectivity index (χ4n) is 2.23. The van der Waals surface area contributed by atoms with Crippen LogP contribution in [0.4, 0.5) is 0 Å². The molecule has 5 nitrogen and oxygen atoms in total. The average Bonchev–Trinajstić information content (AvgIpc) is 2.29. The van der Waals surface area contributed by atoms with Crippen molar-refractivity contribution in [2.24, 2.45) is 0 Å². The van der Waals surface area contributed by atoms with Crippen LogP contribution < -0.4 is 4.74 Å². The first-order valence-corrected chi connectivity index (χ1v) is 5.42. The zero-order valence-corrected chi connectivity index (χ0v) is 9.68. The average molecular weight is 223 g/mol. The van der Waals surface area contributed by atoms with E-state index in [4.69, 9.17) is 4.74 Å². The van der Waals surface area contributed by atoms with Gasteiger partial charge in [-0.1, -0.05) is 0 Å². The minimum Gasteiger partial charge on any atom is -0.480 e. The van der Waals surface area contributed by atoms with Gasteiger partial charge in [-0.05, 0) is 26.4 Å². The third-order valence-electron chi connectivity index (χ3n) is 2.96. The molecular weight excluding hydrogens is 206 g/mol. The number of β-amino-alcohol motifs (C(OH)–C–C–N with tert-alkyl or cyclic N) is 1. The lowest BCUT2D eigenvalue weighted by Crippen LogP contribution is -2.45. The molecule has 0 saturated carbocycles. The third kappa shape index (κ3) is 2.01. The van der Waals surface area contributed by atoms with E-state index in [0.717, 1.165) is 13.0 Å². The number of hydrogen-bond acceptors (Lipinski definition) is 5. The molecule has 0 radical (unpaired) electrons. The number of piperidine rings is 1. The lowest BCUT2D eigenvalue weighted by atomic mass is 9.90. The molecule has 1 unspecified atom stereocenters. The number of methoxy groups -OCH3 is 1. The zero-order chi connectivity index (χ0) is 11.6. The first kappa shape index (κ1) is 11.3. The van der Waals surface area contributed by atoms with Crippen LogP contribution in [0.3, 0.4) is 0 Å². The number of likely N-dealkylation sites (tertiary alicyclic amines) is 1. The van der Waals surface area contributed by atoms with E-state index in [1.54, 1.807) is 19.5 Å². The Kier molecular flexibility index (Phi) is 3.07. The molecule has 88 valence electrons. The molecule has 0 spiro atoms. The van der Waals surface area contributed by atoms with Gasteiger partial charge in [0.15, 0.2) is 0 Å². The summed E-state index contributed by atoms with van der Waals surface area (Å²) in [6.45, 7) is 1.58. The standard InChI is InChI=1S/C11H17N3O2/c1-14-7-3-4-11(15,8-14)9-10(16-2)13-6-5-12-9/h5-6,15H,3-4,7-8H2,1-2H3. The first-order valence-electron chi connectivity index (χ1n) is 5.42. The maximum atomic E-state index is 10.6. The van der Waals surface area contributed by atoms with Gasteiger partial charge in [-0.2, -0.15) is 0 Å². The molecule has 1 fully saturated rings. The summed E-state index contributed by atoms with van der Waals surface area (Å²) in [7, 11) is 3.54. The van der Waals surface area contributed by atoms with Crippen LogP contribution in [0.2, 0.25) is 0 Å². The van der Waals surface area contributed by atoms with Gasteiger partial charge >= 0.3 is 0 Å². The Morgan fingerprint density at radius 1 is 1.44 bits per heavy atom. The van der Waals surface area contributed by atoms with Crippen LogP contribution in [0.1, 0.15) is 18.5 Å². The maximum absolute atomic E-state index is 10.6. The molecule has 0 aromatic carbocycles. The van der Waals surface area contributed by atoms with Crippen molar-refractivity contribution in [3.63, 3.8) is 0 Å². The van der Waals surface area contributed by atoms with Gasteiger partial charge in [0.05, 0.1) is 7.11 Å². The number of hydrogen-bond donors (Lipinski definition) is 1. The summed E-state index contributed by atoms with van der Waals surface area (Å²) < 4.78 is 5.15. The monoisotopic (exact) mass is 223 g/mol. The molecule has 0 amide bonds. The molecule has 1 saturated heterocycles. The van der Waals surface area contributed by atoms with Gasteiger partial charge in [-0.15, -0.1) is 0 Å². The van der Waals surface area contributed by atoms with Crippen molar-refractivity contribution in [2.45, 2.75) is 18.4 Å². The fraction of sp³-hybridized carbons (Fsp3) is 0.636. The number of nitrogens with zero attached hydrogens (tertiary/aromatic N) is 3.